The van der Waals surface area contributed by atoms with Gasteiger partial charge in [0, 0.05) is 6.42 Å². The fourth-order valence-corrected chi connectivity index (χ4v) is 2.16. The lowest BCUT2D eigenvalue weighted by Gasteiger charge is -2.25. The third kappa shape index (κ3) is 9.79. The lowest BCUT2D eigenvalue weighted by atomic mass is 10.1. The maximum atomic E-state index is 12.4. The van der Waals surface area contributed by atoms with Crippen LogP contribution in [0.5, 0.6) is 0 Å². The Bertz CT molecular complexity index is 680. The van der Waals surface area contributed by atoms with Crippen LogP contribution in [0.25, 0.3) is 0 Å². The number of carbonyl (C=O) groups is 6. The molecule has 0 saturated carbocycles. The van der Waals surface area contributed by atoms with E-state index in [1.54, 1.807) is 0 Å². The molecule has 0 aliphatic carbocycles. The summed E-state index contributed by atoms with van der Waals surface area (Å²) in [5.74, 6) is -6.70. The van der Waals surface area contributed by atoms with Crippen LogP contribution in [0.4, 0.5) is 0 Å². The molecule has 0 aromatic carbocycles. The number of nitrogens with two attached hydrogens (primary N) is 2. The molecule has 0 aromatic rings. The van der Waals surface area contributed by atoms with E-state index in [-0.39, 0.29) is 0 Å². The lowest BCUT2D eigenvalue weighted by molar-refractivity contribution is -0.144. The number of amides is 4. The number of carbonyl (C=O) groups excluding carboxylic acids is 4. The molecular formula is C16H27N5O9. The molecule has 4 amide bonds. The maximum Gasteiger partial charge on any atom is 0.326 e. The molecule has 5 atom stereocenters. The van der Waals surface area contributed by atoms with Crippen LogP contribution in [-0.2, 0) is 28.8 Å². The Labute approximate surface area is 171 Å². The Morgan fingerprint density at radius 2 is 1.40 bits per heavy atom. The molecule has 170 valence electrons. The van der Waals surface area contributed by atoms with Crippen molar-refractivity contribution in [3.63, 3.8) is 0 Å². The summed E-state index contributed by atoms with van der Waals surface area (Å²) in [5.41, 5.74) is 10.4. The summed E-state index contributed by atoms with van der Waals surface area (Å²) in [6, 6.07) is -5.79. The van der Waals surface area contributed by atoms with E-state index in [2.05, 4.69) is 10.6 Å². The van der Waals surface area contributed by atoms with Crippen LogP contribution in [0.15, 0.2) is 0 Å². The van der Waals surface area contributed by atoms with E-state index in [0.717, 1.165) is 6.92 Å². The quantitative estimate of drug-likeness (QED) is 0.140. The second-order valence-electron chi connectivity index (χ2n) is 6.58. The van der Waals surface area contributed by atoms with Crippen molar-refractivity contribution in [3.8, 4) is 0 Å². The minimum absolute atomic E-state index is 0.439. The summed E-state index contributed by atoms with van der Waals surface area (Å²) in [6.45, 7) is 2.45. The van der Waals surface area contributed by atoms with Crippen LogP contribution in [0, 0.1) is 0 Å². The van der Waals surface area contributed by atoms with Crippen LogP contribution < -0.4 is 27.4 Å². The summed E-state index contributed by atoms with van der Waals surface area (Å²) < 4.78 is 0. The number of aliphatic hydroxyl groups is 1. The van der Waals surface area contributed by atoms with Gasteiger partial charge in [-0.1, -0.05) is 0 Å². The van der Waals surface area contributed by atoms with Crippen molar-refractivity contribution < 1.29 is 44.1 Å². The molecule has 14 heteroatoms. The zero-order chi connectivity index (χ0) is 23.6. The number of hydrogen-bond donors (Lipinski definition) is 8. The highest BCUT2D eigenvalue weighted by molar-refractivity contribution is 5.96. The minimum Gasteiger partial charge on any atom is -0.481 e. The zero-order valence-corrected chi connectivity index (χ0v) is 16.5. The van der Waals surface area contributed by atoms with Gasteiger partial charge in [0.1, 0.15) is 18.1 Å². The molecule has 0 aromatic heterocycles. The molecule has 0 aliphatic rings. The second kappa shape index (κ2) is 12.3. The van der Waals surface area contributed by atoms with Crippen LogP contribution in [0.2, 0.25) is 0 Å². The topological polar surface area (TPSA) is 251 Å². The number of carboxylic acid groups (broad SMARTS) is 2. The third-order valence-corrected chi connectivity index (χ3v) is 3.78. The van der Waals surface area contributed by atoms with E-state index in [4.69, 9.17) is 21.7 Å². The van der Waals surface area contributed by atoms with Crippen molar-refractivity contribution in [1.29, 1.82) is 0 Å². The molecule has 0 rings (SSSR count). The smallest absolute Gasteiger partial charge is 0.326 e. The SMILES string of the molecule is CC(N)C(=O)NC(CC(N)=O)C(=O)NC(C(=O)NC(CCC(=O)O)C(=O)O)C(C)O. The first kappa shape index (κ1) is 26.7. The molecule has 10 N–H and O–H groups in total. The Morgan fingerprint density at radius 1 is 0.867 bits per heavy atom. The van der Waals surface area contributed by atoms with Gasteiger partial charge in [-0.15, -0.1) is 0 Å². The van der Waals surface area contributed by atoms with Gasteiger partial charge in [0.15, 0.2) is 0 Å². The van der Waals surface area contributed by atoms with E-state index >= 15 is 0 Å². The summed E-state index contributed by atoms with van der Waals surface area (Å²) in [6.07, 6.45) is -3.13. The molecule has 0 spiro atoms. The van der Waals surface area contributed by atoms with Crippen LogP contribution in [0.1, 0.15) is 33.1 Å². The maximum absolute atomic E-state index is 12.4. The molecule has 0 radical (unpaired) electrons. The van der Waals surface area contributed by atoms with Gasteiger partial charge in [0.25, 0.3) is 0 Å². The van der Waals surface area contributed by atoms with E-state index in [0.29, 0.717) is 0 Å². The standard InChI is InChI=1S/C16H27N5O9/c1-6(17)13(26)20-9(5-10(18)23)14(27)21-12(7(2)22)15(28)19-8(16(29)30)3-4-11(24)25/h6-9,12,22H,3-5,17H2,1-2H3,(H2,18,23)(H,19,28)(H,20,26)(H,21,27)(H,24,25)(H,29,30). The fraction of sp³-hybridized carbons (Fsp3) is 0.625. The molecule has 0 bridgehead atoms. The van der Waals surface area contributed by atoms with Gasteiger partial charge in [-0.25, -0.2) is 4.79 Å². The average Bonchev–Trinajstić information content (AvgIpc) is 2.60. The highest BCUT2D eigenvalue weighted by atomic mass is 16.4. The van der Waals surface area contributed by atoms with Gasteiger partial charge in [-0.2, -0.15) is 0 Å². The number of hydrogen-bond acceptors (Lipinski definition) is 8. The Morgan fingerprint density at radius 3 is 1.80 bits per heavy atom. The predicted molar refractivity (Wildman–Crippen MR) is 99.4 cm³/mol. The Balaban J connectivity index is 5.36. The summed E-state index contributed by atoms with van der Waals surface area (Å²) in [4.78, 5) is 69.5. The average molecular weight is 433 g/mol. The van der Waals surface area contributed by atoms with E-state index in [9.17, 15) is 33.9 Å². The van der Waals surface area contributed by atoms with Gasteiger partial charge in [-0.05, 0) is 20.3 Å². The Kier molecular flexibility index (Phi) is 11.0. The number of carboxylic acids is 2. The van der Waals surface area contributed by atoms with Crippen molar-refractivity contribution in [2.24, 2.45) is 11.5 Å². The molecule has 0 heterocycles. The van der Waals surface area contributed by atoms with Gasteiger partial charge in [0.2, 0.25) is 23.6 Å². The van der Waals surface area contributed by atoms with E-state index in [1.807, 2.05) is 5.32 Å². The van der Waals surface area contributed by atoms with Crippen LogP contribution in [-0.4, -0.2) is 81.2 Å². The molecule has 0 aliphatic heterocycles. The second-order valence-corrected chi connectivity index (χ2v) is 6.58. The van der Waals surface area contributed by atoms with Gasteiger partial charge in [-0.3, -0.25) is 24.0 Å². The molecular weight excluding hydrogens is 406 g/mol. The highest BCUT2D eigenvalue weighted by Gasteiger charge is 2.33. The number of primary amides is 1. The van der Waals surface area contributed by atoms with Crippen molar-refractivity contribution in [3.05, 3.63) is 0 Å². The molecule has 30 heavy (non-hydrogen) atoms. The Hall–Kier alpha value is -3.26. The fourth-order valence-electron chi connectivity index (χ4n) is 2.16. The lowest BCUT2D eigenvalue weighted by Crippen LogP contribution is -2.60. The monoisotopic (exact) mass is 433 g/mol. The van der Waals surface area contributed by atoms with Crippen molar-refractivity contribution in [2.45, 2.75) is 63.4 Å². The predicted octanol–water partition coefficient (Wildman–Crippen LogP) is -4.01. The first-order valence-corrected chi connectivity index (χ1v) is 8.83. The molecule has 5 unspecified atom stereocenters. The van der Waals surface area contributed by atoms with Crippen LogP contribution in [0.3, 0.4) is 0 Å². The number of aliphatic hydroxyl groups excluding tert-OH is 1. The number of rotatable bonds is 13. The highest BCUT2D eigenvalue weighted by Crippen LogP contribution is 2.03. The van der Waals surface area contributed by atoms with E-state index < -0.39 is 85.1 Å². The summed E-state index contributed by atoms with van der Waals surface area (Å²) >= 11 is 0. The summed E-state index contributed by atoms with van der Waals surface area (Å²) in [7, 11) is 0. The van der Waals surface area contributed by atoms with Gasteiger partial charge >= 0.3 is 11.9 Å². The minimum atomic E-state index is -1.67. The molecule has 0 fully saturated rings. The largest absolute Gasteiger partial charge is 0.481 e. The van der Waals surface area contributed by atoms with Crippen molar-refractivity contribution in [2.75, 3.05) is 0 Å². The molecule has 14 nitrogen and oxygen atoms in total. The van der Waals surface area contributed by atoms with Crippen molar-refractivity contribution in [1.82, 2.24) is 16.0 Å². The van der Waals surface area contributed by atoms with Gasteiger partial charge < -0.3 is 42.7 Å². The van der Waals surface area contributed by atoms with Crippen molar-refractivity contribution >= 4 is 35.6 Å². The molecule has 0 saturated heterocycles. The number of aliphatic carboxylic acids is 2. The normalized spacial score (nSPS) is 15.6. The summed E-state index contributed by atoms with van der Waals surface area (Å²) in [5, 5.41) is 33.9. The van der Waals surface area contributed by atoms with Crippen LogP contribution >= 0.6 is 0 Å². The first-order valence-electron chi connectivity index (χ1n) is 8.83. The van der Waals surface area contributed by atoms with E-state index in [1.165, 1.54) is 6.92 Å². The van der Waals surface area contributed by atoms with Gasteiger partial charge in [0.05, 0.1) is 18.6 Å². The first-order chi connectivity index (χ1) is 13.8. The third-order valence-electron chi connectivity index (χ3n) is 3.78. The zero-order valence-electron chi connectivity index (χ0n) is 16.5. The number of nitrogens with one attached hydrogen (secondary N) is 3.